The van der Waals surface area contributed by atoms with Crippen LogP contribution in [0.5, 0.6) is 0 Å². The van der Waals surface area contributed by atoms with Gasteiger partial charge in [-0.25, -0.2) is 8.42 Å². The van der Waals surface area contributed by atoms with E-state index in [9.17, 15) is 8.42 Å². The third-order valence-electron chi connectivity index (χ3n) is 3.11. The van der Waals surface area contributed by atoms with E-state index in [0.717, 1.165) is 0 Å². The van der Waals surface area contributed by atoms with Gasteiger partial charge in [0.2, 0.25) is 0 Å². The fraction of sp³-hybridized carbons (Fsp3) is 0.909. The SMILES string of the molecule is CC(C)(C)S(=O)(=O)CCN1CCOC(C(=N)N)C1. The van der Waals surface area contributed by atoms with Gasteiger partial charge in [0.05, 0.1) is 17.1 Å². The van der Waals surface area contributed by atoms with Crippen molar-refractivity contribution in [1.82, 2.24) is 4.90 Å². The second-order valence-electron chi connectivity index (χ2n) is 5.55. The molecule has 0 radical (unpaired) electrons. The highest BCUT2D eigenvalue weighted by Gasteiger charge is 2.30. The second-order valence-corrected chi connectivity index (χ2v) is 8.41. The van der Waals surface area contributed by atoms with Crippen molar-refractivity contribution >= 4 is 15.7 Å². The van der Waals surface area contributed by atoms with Crippen molar-refractivity contribution < 1.29 is 13.2 Å². The molecule has 1 aliphatic rings. The number of hydrogen-bond acceptors (Lipinski definition) is 5. The zero-order chi connectivity index (χ0) is 14.0. The Hall–Kier alpha value is -0.660. The number of morpholine rings is 1. The van der Waals surface area contributed by atoms with Crippen LogP contribution < -0.4 is 5.73 Å². The lowest BCUT2D eigenvalue weighted by molar-refractivity contribution is 0.00812. The number of rotatable bonds is 4. The first-order valence-corrected chi connectivity index (χ1v) is 7.69. The third kappa shape index (κ3) is 3.93. The lowest BCUT2D eigenvalue weighted by atomic mass is 10.2. The van der Waals surface area contributed by atoms with Crippen LogP contribution >= 0.6 is 0 Å². The minimum Gasteiger partial charge on any atom is -0.385 e. The highest BCUT2D eigenvalue weighted by Crippen LogP contribution is 2.16. The van der Waals surface area contributed by atoms with Crippen LogP contribution in [0, 0.1) is 5.41 Å². The van der Waals surface area contributed by atoms with Crippen molar-refractivity contribution in [2.75, 3.05) is 32.0 Å². The summed E-state index contributed by atoms with van der Waals surface area (Å²) < 4.78 is 28.6. The number of nitrogens with one attached hydrogen (secondary N) is 1. The molecule has 1 rings (SSSR count). The zero-order valence-corrected chi connectivity index (χ0v) is 12.1. The van der Waals surface area contributed by atoms with Gasteiger partial charge in [-0.1, -0.05) is 0 Å². The normalized spacial score (nSPS) is 22.9. The van der Waals surface area contributed by atoms with Crippen molar-refractivity contribution in [2.45, 2.75) is 31.6 Å². The molecule has 18 heavy (non-hydrogen) atoms. The summed E-state index contributed by atoms with van der Waals surface area (Å²) in [5.74, 6) is 0.125. The second kappa shape index (κ2) is 5.54. The quantitative estimate of drug-likeness (QED) is 0.549. The van der Waals surface area contributed by atoms with Gasteiger partial charge in [0, 0.05) is 19.6 Å². The topological polar surface area (TPSA) is 96.5 Å². The molecule has 1 unspecified atom stereocenters. The van der Waals surface area contributed by atoms with E-state index < -0.39 is 20.7 Å². The van der Waals surface area contributed by atoms with E-state index in [-0.39, 0.29) is 11.6 Å². The van der Waals surface area contributed by atoms with Gasteiger partial charge in [-0.15, -0.1) is 0 Å². The molecule has 106 valence electrons. The molecule has 0 spiro atoms. The number of amidine groups is 1. The van der Waals surface area contributed by atoms with Crippen molar-refractivity contribution in [3.8, 4) is 0 Å². The number of ether oxygens (including phenoxy) is 1. The average molecular weight is 277 g/mol. The Labute approximate surface area is 109 Å². The Morgan fingerprint density at radius 3 is 2.61 bits per heavy atom. The van der Waals surface area contributed by atoms with E-state index >= 15 is 0 Å². The maximum atomic E-state index is 12.0. The molecule has 0 amide bonds. The number of hydrogen-bond donors (Lipinski definition) is 2. The van der Waals surface area contributed by atoms with Crippen molar-refractivity contribution in [3.63, 3.8) is 0 Å². The minimum absolute atomic E-state index is 0.00150. The van der Waals surface area contributed by atoms with Crippen molar-refractivity contribution in [1.29, 1.82) is 5.41 Å². The van der Waals surface area contributed by atoms with Crippen LogP contribution in [0.25, 0.3) is 0 Å². The molecule has 0 aliphatic carbocycles. The zero-order valence-electron chi connectivity index (χ0n) is 11.3. The first kappa shape index (κ1) is 15.4. The molecule has 1 aliphatic heterocycles. The summed E-state index contributed by atoms with van der Waals surface area (Å²) in [5, 5.41) is 7.34. The number of sulfone groups is 1. The van der Waals surface area contributed by atoms with E-state index in [0.29, 0.717) is 26.2 Å². The Balaban J connectivity index is 2.52. The first-order chi connectivity index (χ1) is 8.13. The highest BCUT2D eigenvalue weighted by atomic mass is 32.2. The molecule has 0 aromatic heterocycles. The van der Waals surface area contributed by atoms with E-state index in [1.54, 1.807) is 20.8 Å². The molecule has 1 saturated heterocycles. The van der Waals surface area contributed by atoms with Gasteiger partial charge >= 0.3 is 0 Å². The molecule has 0 aromatic rings. The molecule has 1 fully saturated rings. The first-order valence-electron chi connectivity index (χ1n) is 6.03. The van der Waals surface area contributed by atoms with Gasteiger partial charge in [0.25, 0.3) is 0 Å². The summed E-state index contributed by atoms with van der Waals surface area (Å²) in [5.41, 5.74) is 5.39. The van der Waals surface area contributed by atoms with Crippen LogP contribution in [0.3, 0.4) is 0 Å². The van der Waals surface area contributed by atoms with Gasteiger partial charge in [0.1, 0.15) is 11.9 Å². The minimum atomic E-state index is -3.10. The number of nitrogens with two attached hydrogens (primary N) is 1. The maximum Gasteiger partial charge on any atom is 0.156 e. The van der Waals surface area contributed by atoms with Crippen molar-refractivity contribution in [3.05, 3.63) is 0 Å². The van der Waals surface area contributed by atoms with Gasteiger partial charge in [-0.2, -0.15) is 0 Å². The predicted octanol–water partition coefficient (Wildman–Crippen LogP) is -0.164. The van der Waals surface area contributed by atoms with E-state index in [2.05, 4.69) is 0 Å². The molecule has 0 bridgehead atoms. The van der Waals surface area contributed by atoms with E-state index in [1.165, 1.54) is 0 Å². The molecule has 7 heteroatoms. The Morgan fingerprint density at radius 2 is 2.11 bits per heavy atom. The Morgan fingerprint density at radius 1 is 1.50 bits per heavy atom. The monoisotopic (exact) mass is 277 g/mol. The van der Waals surface area contributed by atoms with Crippen molar-refractivity contribution in [2.24, 2.45) is 5.73 Å². The van der Waals surface area contributed by atoms with Gasteiger partial charge in [0.15, 0.2) is 9.84 Å². The van der Waals surface area contributed by atoms with Crippen LogP contribution in [-0.4, -0.2) is 62.0 Å². The Kier molecular flexibility index (Phi) is 4.74. The molecule has 0 saturated carbocycles. The molecule has 1 atom stereocenters. The summed E-state index contributed by atoms with van der Waals surface area (Å²) >= 11 is 0. The van der Waals surface area contributed by atoms with Gasteiger partial charge in [-0.3, -0.25) is 10.3 Å². The third-order valence-corrected chi connectivity index (χ3v) is 5.69. The molecule has 6 nitrogen and oxygen atoms in total. The fourth-order valence-electron chi connectivity index (χ4n) is 1.65. The lowest BCUT2D eigenvalue weighted by Crippen LogP contribution is -2.49. The largest absolute Gasteiger partial charge is 0.385 e. The fourth-order valence-corrected chi connectivity index (χ4v) is 2.76. The van der Waals surface area contributed by atoms with Crippen LogP contribution in [0.4, 0.5) is 0 Å². The Bertz CT molecular complexity index is 400. The molecular formula is C11H23N3O3S. The van der Waals surface area contributed by atoms with Crippen LogP contribution in [-0.2, 0) is 14.6 Å². The van der Waals surface area contributed by atoms with Crippen LogP contribution in [0.1, 0.15) is 20.8 Å². The van der Waals surface area contributed by atoms with Crippen LogP contribution in [0.2, 0.25) is 0 Å². The standard InChI is InChI=1S/C11H23N3O3S/c1-11(2,3)18(15,16)7-5-14-4-6-17-9(8-14)10(12)13/h9H,4-8H2,1-3H3,(H3,12,13). The average Bonchev–Trinajstić information content (AvgIpc) is 2.25. The smallest absolute Gasteiger partial charge is 0.156 e. The van der Waals surface area contributed by atoms with E-state index in [4.69, 9.17) is 15.9 Å². The predicted molar refractivity (Wildman–Crippen MR) is 71.6 cm³/mol. The van der Waals surface area contributed by atoms with Gasteiger partial charge < -0.3 is 10.5 Å². The van der Waals surface area contributed by atoms with Gasteiger partial charge in [-0.05, 0) is 20.8 Å². The highest BCUT2D eigenvalue weighted by molar-refractivity contribution is 7.92. The molecule has 1 heterocycles. The lowest BCUT2D eigenvalue weighted by Gasteiger charge is -2.32. The van der Waals surface area contributed by atoms with Crippen LogP contribution in [0.15, 0.2) is 0 Å². The molecular weight excluding hydrogens is 254 g/mol. The summed E-state index contributed by atoms with van der Waals surface area (Å²) in [6, 6.07) is 0. The maximum absolute atomic E-state index is 12.0. The summed E-state index contributed by atoms with van der Waals surface area (Å²) in [6.07, 6.45) is -0.406. The summed E-state index contributed by atoms with van der Waals surface area (Å²) in [4.78, 5) is 1.98. The number of nitrogens with zero attached hydrogens (tertiary/aromatic N) is 1. The molecule has 3 N–H and O–H groups in total. The summed E-state index contributed by atoms with van der Waals surface area (Å²) in [6.45, 7) is 7.26. The van der Waals surface area contributed by atoms with E-state index in [1.807, 2.05) is 4.90 Å². The molecule has 0 aromatic carbocycles. The summed E-state index contributed by atoms with van der Waals surface area (Å²) in [7, 11) is -3.10.